The van der Waals surface area contributed by atoms with Gasteiger partial charge in [-0.3, -0.25) is 10.1 Å². The van der Waals surface area contributed by atoms with Crippen molar-refractivity contribution in [3.8, 4) is 0 Å². The molecule has 0 unspecified atom stereocenters. The van der Waals surface area contributed by atoms with E-state index < -0.39 is 18.1 Å². The fourth-order valence-electron chi connectivity index (χ4n) is 1.09. The first kappa shape index (κ1) is 14.7. The topological polar surface area (TPSA) is 58.2 Å². The molecule has 0 aliphatic carbocycles. The highest BCUT2D eigenvalue weighted by Crippen LogP contribution is 2.18. The second-order valence-electron chi connectivity index (χ2n) is 3.37. The van der Waals surface area contributed by atoms with Gasteiger partial charge in [-0.05, 0) is 53.3 Å². The number of rotatable bonds is 1. The van der Waals surface area contributed by atoms with Gasteiger partial charge in [0, 0.05) is 9.26 Å². The number of amides is 3. The maximum Gasteiger partial charge on any atom is 0.471 e. The van der Waals surface area contributed by atoms with Crippen molar-refractivity contribution in [1.29, 1.82) is 0 Å². The van der Waals surface area contributed by atoms with Crippen LogP contribution in [0.2, 0.25) is 0 Å². The van der Waals surface area contributed by atoms with Crippen LogP contribution < -0.4 is 10.6 Å². The summed E-state index contributed by atoms with van der Waals surface area (Å²) in [5.41, 5.74) is 1.01. The Morgan fingerprint density at radius 2 is 1.89 bits per heavy atom. The molecule has 0 atom stereocenters. The van der Waals surface area contributed by atoms with Gasteiger partial charge in [-0.1, -0.05) is 0 Å². The highest BCUT2D eigenvalue weighted by molar-refractivity contribution is 14.1. The summed E-state index contributed by atoms with van der Waals surface area (Å²) in [5, 5.41) is 3.36. The number of benzene rings is 1. The van der Waals surface area contributed by atoms with Gasteiger partial charge in [-0.15, -0.1) is 0 Å². The fraction of sp³-hybridized carbons (Fsp3) is 0.200. The summed E-state index contributed by atoms with van der Waals surface area (Å²) < 4.78 is 36.6. The molecule has 0 saturated carbocycles. The van der Waals surface area contributed by atoms with Gasteiger partial charge in [0.25, 0.3) is 0 Å². The van der Waals surface area contributed by atoms with E-state index in [2.05, 4.69) is 27.9 Å². The molecule has 0 saturated heterocycles. The SMILES string of the molecule is Cc1cc(I)ccc1NC(=O)NC(=O)C(F)(F)F. The van der Waals surface area contributed by atoms with E-state index in [1.54, 1.807) is 19.1 Å². The lowest BCUT2D eigenvalue weighted by atomic mass is 10.2. The first-order chi connectivity index (χ1) is 8.20. The molecule has 0 aliphatic rings. The van der Waals surface area contributed by atoms with Crippen LogP contribution in [0, 0.1) is 10.5 Å². The average Bonchev–Trinajstić information content (AvgIpc) is 2.20. The number of urea groups is 1. The predicted octanol–water partition coefficient (Wildman–Crippen LogP) is 2.81. The number of imide groups is 1. The molecular weight excluding hydrogens is 364 g/mol. The zero-order valence-electron chi connectivity index (χ0n) is 9.06. The molecule has 2 N–H and O–H groups in total. The molecule has 18 heavy (non-hydrogen) atoms. The molecule has 0 aromatic heterocycles. The van der Waals surface area contributed by atoms with Crippen molar-refractivity contribution < 1.29 is 22.8 Å². The first-order valence-electron chi connectivity index (χ1n) is 4.65. The van der Waals surface area contributed by atoms with Crippen LogP contribution in [0.1, 0.15) is 5.56 Å². The lowest BCUT2D eigenvalue weighted by Gasteiger charge is -2.10. The second kappa shape index (κ2) is 5.55. The number of hydrogen-bond donors (Lipinski definition) is 2. The van der Waals surface area contributed by atoms with E-state index in [0.29, 0.717) is 11.3 Å². The van der Waals surface area contributed by atoms with Crippen molar-refractivity contribution in [2.45, 2.75) is 13.1 Å². The summed E-state index contributed by atoms with van der Waals surface area (Å²) in [6.07, 6.45) is -5.08. The summed E-state index contributed by atoms with van der Waals surface area (Å²) >= 11 is 2.05. The fourth-order valence-corrected chi connectivity index (χ4v) is 1.74. The molecule has 1 aromatic rings. The average molecular weight is 372 g/mol. The van der Waals surface area contributed by atoms with Crippen LogP contribution in [0.5, 0.6) is 0 Å². The van der Waals surface area contributed by atoms with Crippen molar-refractivity contribution in [2.75, 3.05) is 5.32 Å². The third-order valence-electron chi connectivity index (χ3n) is 1.92. The van der Waals surface area contributed by atoms with Gasteiger partial charge in [0.2, 0.25) is 0 Å². The molecule has 0 spiro atoms. The normalized spacial score (nSPS) is 10.9. The molecule has 0 bridgehead atoms. The van der Waals surface area contributed by atoms with Gasteiger partial charge in [0.1, 0.15) is 0 Å². The minimum absolute atomic E-state index is 0.336. The van der Waals surface area contributed by atoms with E-state index in [-0.39, 0.29) is 0 Å². The van der Waals surface area contributed by atoms with Gasteiger partial charge in [-0.25, -0.2) is 4.79 Å². The molecular formula is C10H8F3IN2O2. The summed E-state index contributed by atoms with van der Waals surface area (Å²) in [4.78, 5) is 21.7. The number of carbonyl (C=O) groups is 2. The van der Waals surface area contributed by atoms with Gasteiger partial charge >= 0.3 is 18.1 Å². The maximum atomic E-state index is 11.9. The molecule has 0 aliphatic heterocycles. The number of hydrogen-bond acceptors (Lipinski definition) is 2. The summed E-state index contributed by atoms with van der Waals surface area (Å²) in [6.45, 7) is 1.68. The number of carbonyl (C=O) groups excluding carboxylic acids is 2. The van der Waals surface area contributed by atoms with Crippen LogP contribution in [-0.4, -0.2) is 18.1 Å². The zero-order valence-corrected chi connectivity index (χ0v) is 11.2. The number of aryl methyl sites for hydroxylation is 1. The Balaban J connectivity index is 2.68. The van der Waals surface area contributed by atoms with E-state index in [9.17, 15) is 22.8 Å². The Kier molecular flexibility index (Phi) is 4.54. The lowest BCUT2D eigenvalue weighted by Crippen LogP contribution is -2.42. The van der Waals surface area contributed by atoms with Gasteiger partial charge < -0.3 is 5.32 Å². The van der Waals surface area contributed by atoms with E-state index in [4.69, 9.17) is 0 Å². The predicted molar refractivity (Wildman–Crippen MR) is 67.1 cm³/mol. The highest BCUT2D eigenvalue weighted by atomic mass is 127. The van der Waals surface area contributed by atoms with Gasteiger partial charge in [0.05, 0.1) is 0 Å². The lowest BCUT2D eigenvalue weighted by molar-refractivity contribution is -0.172. The number of halogens is 4. The molecule has 3 amide bonds. The van der Waals surface area contributed by atoms with Crippen LogP contribution in [-0.2, 0) is 4.79 Å². The smallest absolute Gasteiger partial charge is 0.307 e. The third-order valence-corrected chi connectivity index (χ3v) is 2.59. The Morgan fingerprint density at radius 1 is 1.28 bits per heavy atom. The van der Waals surface area contributed by atoms with Crippen LogP contribution in [0.25, 0.3) is 0 Å². The van der Waals surface area contributed by atoms with Crippen LogP contribution in [0.15, 0.2) is 18.2 Å². The molecule has 4 nitrogen and oxygen atoms in total. The maximum absolute atomic E-state index is 11.9. The molecule has 98 valence electrons. The third kappa shape index (κ3) is 4.17. The van der Waals surface area contributed by atoms with Crippen molar-refractivity contribution in [2.24, 2.45) is 0 Å². The largest absolute Gasteiger partial charge is 0.471 e. The van der Waals surface area contributed by atoms with Crippen LogP contribution in [0.3, 0.4) is 0 Å². The van der Waals surface area contributed by atoms with Gasteiger partial charge in [-0.2, -0.15) is 13.2 Å². The number of alkyl halides is 3. The van der Waals surface area contributed by atoms with E-state index in [0.717, 1.165) is 3.57 Å². The number of anilines is 1. The van der Waals surface area contributed by atoms with Crippen molar-refractivity contribution >= 4 is 40.2 Å². The van der Waals surface area contributed by atoms with E-state index in [1.165, 1.54) is 11.4 Å². The van der Waals surface area contributed by atoms with Crippen LogP contribution in [0.4, 0.5) is 23.7 Å². The summed E-state index contributed by atoms with van der Waals surface area (Å²) in [5.74, 6) is -2.30. The minimum Gasteiger partial charge on any atom is -0.307 e. The quantitative estimate of drug-likeness (QED) is 0.745. The van der Waals surface area contributed by atoms with E-state index >= 15 is 0 Å². The van der Waals surface area contributed by atoms with Crippen LogP contribution >= 0.6 is 22.6 Å². The molecule has 0 fully saturated rings. The van der Waals surface area contributed by atoms with E-state index in [1.807, 2.05) is 0 Å². The Morgan fingerprint density at radius 3 is 2.39 bits per heavy atom. The Hall–Kier alpha value is -1.32. The standard InChI is InChI=1S/C10H8F3IN2O2/c1-5-4-6(14)2-3-7(5)15-9(18)16-8(17)10(11,12)13/h2-4H,1H3,(H2,15,16,17,18). The monoisotopic (exact) mass is 372 g/mol. The zero-order chi connectivity index (χ0) is 13.9. The number of nitrogens with one attached hydrogen (secondary N) is 2. The first-order valence-corrected chi connectivity index (χ1v) is 5.73. The van der Waals surface area contributed by atoms with Crippen molar-refractivity contribution in [3.63, 3.8) is 0 Å². The van der Waals surface area contributed by atoms with Crippen molar-refractivity contribution in [1.82, 2.24) is 5.32 Å². The van der Waals surface area contributed by atoms with Gasteiger partial charge in [0.15, 0.2) is 0 Å². The minimum atomic E-state index is -5.08. The summed E-state index contributed by atoms with van der Waals surface area (Å²) in [7, 11) is 0. The molecule has 0 heterocycles. The van der Waals surface area contributed by atoms with Crippen molar-refractivity contribution in [3.05, 3.63) is 27.3 Å². The molecule has 1 rings (SSSR count). The molecule has 8 heteroatoms. The Labute approximate surface area is 114 Å². The highest BCUT2D eigenvalue weighted by Gasteiger charge is 2.39. The molecule has 0 radical (unpaired) electrons. The molecule has 1 aromatic carbocycles. The second-order valence-corrected chi connectivity index (χ2v) is 4.61. The Bertz CT molecular complexity index is 489. The summed E-state index contributed by atoms with van der Waals surface area (Å²) in [6, 6.07) is 3.73.